The highest BCUT2D eigenvalue weighted by Crippen LogP contribution is 2.42. The molecule has 0 radical (unpaired) electrons. The summed E-state index contributed by atoms with van der Waals surface area (Å²) in [6.07, 6.45) is 20.7. The molecule has 0 heteroatoms. The molecule has 0 aromatic heterocycles. The molecular weight excluding hydrogens is 240 g/mol. The summed E-state index contributed by atoms with van der Waals surface area (Å²) < 4.78 is 0. The maximum Gasteiger partial charge on any atom is -0.0386 e. The molecule has 0 bridgehead atoms. The van der Waals surface area contributed by atoms with Gasteiger partial charge in [-0.2, -0.15) is 0 Å². The van der Waals surface area contributed by atoms with Crippen LogP contribution in [0.5, 0.6) is 0 Å². The number of hydrogen-bond acceptors (Lipinski definition) is 0. The van der Waals surface area contributed by atoms with Crippen molar-refractivity contribution in [2.45, 2.75) is 111 Å². The van der Waals surface area contributed by atoms with E-state index in [1.807, 2.05) is 0 Å². The van der Waals surface area contributed by atoms with Gasteiger partial charge in [0.05, 0.1) is 0 Å². The van der Waals surface area contributed by atoms with Crippen LogP contribution in [0.4, 0.5) is 0 Å². The minimum Gasteiger partial charge on any atom is -0.0654 e. The van der Waals surface area contributed by atoms with Crippen molar-refractivity contribution in [1.82, 2.24) is 0 Å². The monoisotopic (exact) mass is 280 g/mol. The Bertz CT molecular complexity index is 208. The van der Waals surface area contributed by atoms with E-state index in [0.717, 1.165) is 17.8 Å². The summed E-state index contributed by atoms with van der Waals surface area (Å²) in [6.45, 7) is 7.07. The average molecular weight is 281 g/mol. The number of hydrogen-bond donors (Lipinski definition) is 0. The average Bonchev–Trinajstić information content (AvgIpc) is 3.15. The lowest BCUT2D eigenvalue weighted by atomic mass is 9.89. The normalized spacial score (nSPS) is 22.9. The molecule has 0 aromatic carbocycles. The topological polar surface area (TPSA) is 0 Å². The van der Waals surface area contributed by atoms with E-state index in [1.54, 1.807) is 0 Å². The zero-order valence-corrected chi connectivity index (χ0v) is 14.6. The molecule has 0 heterocycles. The summed E-state index contributed by atoms with van der Waals surface area (Å²) in [7, 11) is 0. The van der Waals surface area contributed by atoms with Gasteiger partial charge in [0.15, 0.2) is 0 Å². The van der Waals surface area contributed by atoms with E-state index >= 15 is 0 Å². The van der Waals surface area contributed by atoms with Crippen molar-refractivity contribution in [1.29, 1.82) is 0 Å². The van der Waals surface area contributed by atoms with Gasteiger partial charge in [-0.05, 0) is 30.6 Å². The highest BCUT2D eigenvalue weighted by Gasteiger charge is 2.32. The van der Waals surface area contributed by atoms with Crippen molar-refractivity contribution in [3.63, 3.8) is 0 Å². The van der Waals surface area contributed by atoms with Gasteiger partial charge in [-0.1, -0.05) is 97.8 Å². The van der Waals surface area contributed by atoms with E-state index in [9.17, 15) is 0 Å². The first-order valence-electron chi connectivity index (χ1n) is 9.77. The maximum atomic E-state index is 2.44. The molecular formula is C20H40. The standard InChI is InChI=1S/C20H40/c1-4-6-8-10-12-14-19(13-11-9-7-5-2)15-16-20-17-18(20)3/h18-20H,4-17H2,1-3H3. The quantitative estimate of drug-likeness (QED) is 0.291. The Morgan fingerprint density at radius 3 is 1.75 bits per heavy atom. The van der Waals surface area contributed by atoms with Gasteiger partial charge < -0.3 is 0 Å². The lowest BCUT2D eigenvalue weighted by molar-refractivity contribution is 0.363. The van der Waals surface area contributed by atoms with Gasteiger partial charge in [0.1, 0.15) is 0 Å². The van der Waals surface area contributed by atoms with Crippen LogP contribution >= 0.6 is 0 Å². The summed E-state index contributed by atoms with van der Waals surface area (Å²) in [6, 6.07) is 0. The first-order chi connectivity index (χ1) is 9.77. The minimum atomic E-state index is 1.06. The first-order valence-corrected chi connectivity index (χ1v) is 9.77. The highest BCUT2D eigenvalue weighted by atomic mass is 14.4. The highest BCUT2D eigenvalue weighted by molar-refractivity contribution is 4.82. The third kappa shape index (κ3) is 9.03. The molecule has 1 aliphatic rings. The molecule has 3 unspecified atom stereocenters. The molecule has 1 saturated carbocycles. The smallest absolute Gasteiger partial charge is 0.0386 e. The molecule has 0 saturated heterocycles. The van der Waals surface area contributed by atoms with Crippen LogP contribution in [0.25, 0.3) is 0 Å². The zero-order chi connectivity index (χ0) is 14.6. The largest absolute Gasteiger partial charge is 0.0654 e. The molecule has 3 atom stereocenters. The molecule has 20 heavy (non-hydrogen) atoms. The summed E-state index contributed by atoms with van der Waals surface area (Å²) >= 11 is 0. The van der Waals surface area contributed by atoms with Crippen molar-refractivity contribution in [2.75, 3.05) is 0 Å². The molecule has 0 aliphatic heterocycles. The zero-order valence-electron chi connectivity index (χ0n) is 14.6. The molecule has 1 fully saturated rings. The van der Waals surface area contributed by atoms with Crippen LogP contribution in [0.3, 0.4) is 0 Å². The van der Waals surface area contributed by atoms with E-state index in [2.05, 4.69) is 20.8 Å². The Labute approximate surface area is 129 Å². The predicted molar refractivity (Wildman–Crippen MR) is 92.1 cm³/mol. The van der Waals surface area contributed by atoms with Gasteiger partial charge in [-0.15, -0.1) is 0 Å². The van der Waals surface area contributed by atoms with E-state index < -0.39 is 0 Å². The van der Waals surface area contributed by atoms with E-state index in [0.29, 0.717) is 0 Å². The summed E-state index contributed by atoms with van der Waals surface area (Å²) in [4.78, 5) is 0. The van der Waals surface area contributed by atoms with Crippen molar-refractivity contribution >= 4 is 0 Å². The lowest BCUT2D eigenvalue weighted by Crippen LogP contribution is -2.02. The van der Waals surface area contributed by atoms with Gasteiger partial charge in [0.2, 0.25) is 0 Å². The fourth-order valence-corrected chi connectivity index (χ4v) is 3.58. The van der Waals surface area contributed by atoms with E-state index in [4.69, 9.17) is 0 Å². The predicted octanol–water partition coefficient (Wildman–Crippen LogP) is 7.37. The summed E-state index contributed by atoms with van der Waals surface area (Å²) in [5.74, 6) is 3.22. The van der Waals surface area contributed by atoms with Crippen molar-refractivity contribution < 1.29 is 0 Å². The van der Waals surface area contributed by atoms with Gasteiger partial charge in [0.25, 0.3) is 0 Å². The Morgan fingerprint density at radius 2 is 1.25 bits per heavy atom. The van der Waals surface area contributed by atoms with Crippen molar-refractivity contribution in [3.8, 4) is 0 Å². The van der Waals surface area contributed by atoms with Crippen LogP contribution in [0.15, 0.2) is 0 Å². The van der Waals surface area contributed by atoms with Crippen molar-refractivity contribution in [2.24, 2.45) is 17.8 Å². The van der Waals surface area contributed by atoms with Crippen LogP contribution in [-0.2, 0) is 0 Å². The SMILES string of the molecule is CCCCCCCC(CCCCCC)CCC1CC1C. The van der Waals surface area contributed by atoms with Crippen LogP contribution in [0.2, 0.25) is 0 Å². The third-order valence-corrected chi connectivity index (χ3v) is 5.40. The summed E-state index contributed by atoms with van der Waals surface area (Å²) in [5, 5.41) is 0. The van der Waals surface area contributed by atoms with Crippen LogP contribution in [0.1, 0.15) is 111 Å². The summed E-state index contributed by atoms with van der Waals surface area (Å²) in [5.41, 5.74) is 0. The Hall–Kier alpha value is 0. The van der Waals surface area contributed by atoms with E-state index in [-0.39, 0.29) is 0 Å². The Morgan fingerprint density at radius 1 is 0.750 bits per heavy atom. The fraction of sp³-hybridized carbons (Fsp3) is 1.00. The first kappa shape index (κ1) is 18.1. The molecule has 1 rings (SSSR count). The molecule has 0 N–H and O–H groups in total. The molecule has 1 aliphatic carbocycles. The lowest BCUT2D eigenvalue weighted by Gasteiger charge is -2.17. The van der Waals surface area contributed by atoms with E-state index in [1.165, 1.54) is 89.9 Å². The Kier molecular flexibility index (Phi) is 10.5. The molecule has 0 spiro atoms. The fourth-order valence-electron chi connectivity index (χ4n) is 3.58. The minimum absolute atomic E-state index is 1.06. The second-order valence-electron chi connectivity index (χ2n) is 7.47. The van der Waals surface area contributed by atoms with Crippen LogP contribution < -0.4 is 0 Å². The van der Waals surface area contributed by atoms with Gasteiger partial charge in [-0.25, -0.2) is 0 Å². The molecule has 0 aromatic rings. The third-order valence-electron chi connectivity index (χ3n) is 5.40. The Balaban J connectivity index is 2.08. The van der Waals surface area contributed by atoms with Crippen LogP contribution in [-0.4, -0.2) is 0 Å². The second kappa shape index (κ2) is 11.6. The molecule has 0 nitrogen and oxygen atoms in total. The number of rotatable bonds is 14. The van der Waals surface area contributed by atoms with Gasteiger partial charge in [0, 0.05) is 0 Å². The molecule has 0 amide bonds. The van der Waals surface area contributed by atoms with Gasteiger partial charge in [-0.3, -0.25) is 0 Å². The van der Waals surface area contributed by atoms with Crippen LogP contribution in [0, 0.1) is 17.8 Å². The van der Waals surface area contributed by atoms with Crippen molar-refractivity contribution in [3.05, 3.63) is 0 Å². The maximum absolute atomic E-state index is 2.44. The number of unbranched alkanes of at least 4 members (excludes halogenated alkanes) is 7. The van der Waals surface area contributed by atoms with Gasteiger partial charge >= 0.3 is 0 Å². The molecule has 120 valence electrons. The second-order valence-corrected chi connectivity index (χ2v) is 7.47.